The molecule has 146 valence electrons. The Morgan fingerprint density at radius 1 is 0.889 bits per heavy atom. The Labute approximate surface area is 169 Å². The highest BCUT2D eigenvalue weighted by Gasteiger charge is 2.22. The van der Waals surface area contributed by atoms with Crippen molar-refractivity contribution in [2.45, 2.75) is 64.2 Å². The highest BCUT2D eigenvalue weighted by Crippen LogP contribution is 2.38. The van der Waals surface area contributed by atoms with Crippen molar-refractivity contribution in [3.63, 3.8) is 0 Å². The largest absolute Gasteiger partial charge is 0.478 e. The van der Waals surface area contributed by atoms with Gasteiger partial charge in [0.15, 0.2) is 0 Å². The van der Waals surface area contributed by atoms with Crippen LogP contribution in [0, 0.1) is 5.92 Å². The molecule has 3 heteroatoms. The topological polar surface area (TPSA) is 37.3 Å². The maximum Gasteiger partial charge on any atom is 0.335 e. The fourth-order valence-electron chi connectivity index (χ4n) is 4.22. The van der Waals surface area contributed by atoms with Crippen molar-refractivity contribution in [3.05, 3.63) is 59.7 Å². The first-order chi connectivity index (χ1) is 12.7. The van der Waals surface area contributed by atoms with E-state index in [-0.39, 0.29) is 12.4 Å². The molecule has 1 aliphatic carbocycles. The van der Waals surface area contributed by atoms with Crippen LogP contribution in [0.3, 0.4) is 0 Å². The number of unbranched alkanes of at least 4 members (excludes halogenated alkanes) is 2. The Balaban J connectivity index is 0.00000261. The molecule has 0 spiro atoms. The molecule has 2 aromatic carbocycles. The summed E-state index contributed by atoms with van der Waals surface area (Å²) >= 11 is 0. The number of benzene rings is 2. The van der Waals surface area contributed by atoms with Crippen LogP contribution in [-0.2, 0) is 0 Å². The fraction of sp³-hybridized carbons (Fsp3) is 0.458. The van der Waals surface area contributed by atoms with Crippen LogP contribution in [0.1, 0.15) is 80.1 Å². The number of carbonyl (C=O) groups is 1. The molecule has 2 nitrogen and oxygen atoms in total. The van der Waals surface area contributed by atoms with Gasteiger partial charge in [-0.05, 0) is 66.3 Å². The van der Waals surface area contributed by atoms with Gasteiger partial charge in [0.1, 0.15) is 0 Å². The summed E-state index contributed by atoms with van der Waals surface area (Å²) in [4.78, 5) is 11.0. The summed E-state index contributed by atoms with van der Waals surface area (Å²) in [6.07, 6.45) is 10.9. The summed E-state index contributed by atoms with van der Waals surface area (Å²) in [5, 5.41) is 9.01. The number of aromatic carboxylic acids is 1. The van der Waals surface area contributed by atoms with E-state index in [2.05, 4.69) is 31.2 Å². The van der Waals surface area contributed by atoms with E-state index in [1.54, 1.807) is 12.1 Å². The second kappa shape index (κ2) is 10.5. The third-order valence-electron chi connectivity index (χ3n) is 5.91. The lowest BCUT2D eigenvalue weighted by Crippen LogP contribution is -2.13. The highest BCUT2D eigenvalue weighted by atomic mass is 35.5. The van der Waals surface area contributed by atoms with Crippen molar-refractivity contribution in [2.24, 2.45) is 5.92 Å². The molecule has 0 atom stereocenters. The Morgan fingerprint density at radius 3 is 1.96 bits per heavy atom. The lowest BCUT2D eigenvalue weighted by molar-refractivity contribution is 0.0697. The van der Waals surface area contributed by atoms with Crippen LogP contribution < -0.4 is 0 Å². The summed E-state index contributed by atoms with van der Waals surface area (Å²) in [6, 6.07) is 16.0. The van der Waals surface area contributed by atoms with Crippen molar-refractivity contribution >= 4 is 18.4 Å². The normalized spacial score (nSPS) is 19.3. The van der Waals surface area contributed by atoms with Gasteiger partial charge in [0.25, 0.3) is 0 Å². The fourth-order valence-corrected chi connectivity index (χ4v) is 4.22. The average Bonchev–Trinajstić information content (AvgIpc) is 2.69. The van der Waals surface area contributed by atoms with E-state index in [1.165, 1.54) is 56.9 Å². The summed E-state index contributed by atoms with van der Waals surface area (Å²) in [6.45, 7) is 2.28. The molecule has 1 aliphatic rings. The molecular formula is C24H31ClO2. The average molecular weight is 387 g/mol. The number of hydrogen-bond donors (Lipinski definition) is 1. The molecule has 3 rings (SSSR count). The van der Waals surface area contributed by atoms with Gasteiger partial charge in [0, 0.05) is 0 Å². The zero-order chi connectivity index (χ0) is 18.4. The lowest BCUT2D eigenvalue weighted by atomic mass is 9.77. The van der Waals surface area contributed by atoms with E-state index in [0.29, 0.717) is 11.5 Å². The highest BCUT2D eigenvalue weighted by molar-refractivity contribution is 5.88. The van der Waals surface area contributed by atoms with Crippen LogP contribution in [-0.4, -0.2) is 11.1 Å². The number of hydrogen-bond acceptors (Lipinski definition) is 1. The molecule has 0 unspecified atom stereocenters. The first kappa shape index (κ1) is 21.5. The predicted octanol–water partition coefficient (Wildman–Crippen LogP) is 7.33. The van der Waals surface area contributed by atoms with Gasteiger partial charge in [-0.15, -0.1) is 12.4 Å². The first-order valence-electron chi connectivity index (χ1n) is 10.1. The minimum atomic E-state index is -0.878. The zero-order valence-electron chi connectivity index (χ0n) is 16.2. The number of carboxylic acids is 1. The van der Waals surface area contributed by atoms with E-state index in [4.69, 9.17) is 5.11 Å². The monoisotopic (exact) mass is 386 g/mol. The van der Waals surface area contributed by atoms with Gasteiger partial charge >= 0.3 is 5.97 Å². The molecule has 1 N–H and O–H groups in total. The van der Waals surface area contributed by atoms with Crippen molar-refractivity contribution in [3.8, 4) is 11.1 Å². The Bertz CT molecular complexity index is 698. The molecule has 1 saturated carbocycles. The molecular weight excluding hydrogens is 356 g/mol. The number of halogens is 1. The van der Waals surface area contributed by atoms with Crippen LogP contribution in [0.2, 0.25) is 0 Å². The maximum atomic E-state index is 11.0. The molecule has 0 bridgehead atoms. The zero-order valence-corrected chi connectivity index (χ0v) is 17.0. The summed E-state index contributed by atoms with van der Waals surface area (Å²) in [5.41, 5.74) is 4.02. The van der Waals surface area contributed by atoms with Crippen LogP contribution in [0.5, 0.6) is 0 Å². The molecule has 2 aromatic rings. The molecule has 0 heterocycles. The second-order valence-corrected chi connectivity index (χ2v) is 7.72. The quantitative estimate of drug-likeness (QED) is 0.506. The molecule has 0 radical (unpaired) electrons. The summed E-state index contributed by atoms with van der Waals surface area (Å²) < 4.78 is 0. The third kappa shape index (κ3) is 5.84. The van der Waals surface area contributed by atoms with Crippen LogP contribution in [0.4, 0.5) is 0 Å². The molecule has 1 fully saturated rings. The molecule has 0 aliphatic heterocycles. The molecule has 27 heavy (non-hydrogen) atoms. The Morgan fingerprint density at radius 2 is 1.44 bits per heavy atom. The van der Waals surface area contributed by atoms with E-state index >= 15 is 0 Å². The van der Waals surface area contributed by atoms with Gasteiger partial charge in [0.2, 0.25) is 0 Å². The second-order valence-electron chi connectivity index (χ2n) is 7.72. The first-order valence-corrected chi connectivity index (χ1v) is 10.1. The van der Waals surface area contributed by atoms with Crippen molar-refractivity contribution in [2.75, 3.05) is 0 Å². The van der Waals surface area contributed by atoms with Crippen LogP contribution in [0.25, 0.3) is 11.1 Å². The van der Waals surface area contributed by atoms with Gasteiger partial charge < -0.3 is 5.11 Å². The van der Waals surface area contributed by atoms with Gasteiger partial charge in [-0.1, -0.05) is 69.0 Å². The van der Waals surface area contributed by atoms with E-state index in [0.717, 1.165) is 17.0 Å². The van der Waals surface area contributed by atoms with Crippen molar-refractivity contribution in [1.29, 1.82) is 0 Å². The Hall–Kier alpha value is -1.80. The van der Waals surface area contributed by atoms with Crippen molar-refractivity contribution in [1.82, 2.24) is 0 Å². The van der Waals surface area contributed by atoms with Crippen LogP contribution >= 0.6 is 12.4 Å². The minimum Gasteiger partial charge on any atom is -0.478 e. The van der Waals surface area contributed by atoms with E-state index in [9.17, 15) is 4.79 Å². The van der Waals surface area contributed by atoms with Crippen molar-refractivity contribution < 1.29 is 9.90 Å². The lowest BCUT2D eigenvalue weighted by Gasteiger charge is -2.29. The smallest absolute Gasteiger partial charge is 0.335 e. The summed E-state index contributed by atoms with van der Waals surface area (Å²) in [5.74, 6) is 0.780. The van der Waals surface area contributed by atoms with Crippen LogP contribution in [0.15, 0.2) is 48.5 Å². The predicted molar refractivity (Wildman–Crippen MR) is 115 cm³/mol. The summed E-state index contributed by atoms with van der Waals surface area (Å²) in [7, 11) is 0. The molecule has 0 saturated heterocycles. The SMILES string of the molecule is CCCCC[C@H]1CC[C@H](c2ccc(-c3ccc(C(=O)O)cc3)cc2)CC1.Cl. The number of rotatable bonds is 7. The van der Waals surface area contributed by atoms with Gasteiger partial charge in [-0.25, -0.2) is 4.79 Å². The maximum absolute atomic E-state index is 11.0. The van der Waals surface area contributed by atoms with E-state index < -0.39 is 5.97 Å². The van der Waals surface area contributed by atoms with Gasteiger partial charge in [-0.3, -0.25) is 0 Å². The minimum absolute atomic E-state index is 0. The van der Waals surface area contributed by atoms with Gasteiger partial charge in [0.05, 0.1) is 5.56 Å². The van der Waals surface area contributed by atoms with E-state index in [1.807, 2.05) is 12.1 Å². The standard InChI is InChI=1S/C24H30O2.ClH/c1-2-3-4-5-18-6-8-19(9-7-18)20-10-12-21(13-11-20)22-14-16-23(17-15-22)24(25)26;/h10-19H,2-9H2,1H3,(H,25,26);1H/t18-,19-;. The Kier molecular flexibility index (Phi) is 8.37. The third-order valence-corrected chi connectivity index (χ3v) is 5.91. The number of carboxylic acid groups (broad SMARTS) is 1. The molecule has 0 aromatic heterocycles. The molecule has 0 amide bonds. The van der Waals surface area contributed by atoms with Gasteiger partial charge in [-0.2, -0.15) is 0 Å².